The van der Waals surface area contributed by atoms with Crippen molar-refractivity contribution in [2.45, 2.75) is 53.1 Å². The highest BCUT2D eigenvalue weighted by Gasteiger charge is 2.14. The molecular weight excluding hydrogens is 265 g/mol. The molecule has 2 rings (SSSR count). The van der Waals surface area contributed by atoms with Crippen LogP contribution in [0.2, 0.25) is 0 Å². The molecule has 0 fully saturated rings. The third-order valence-electron chi connectivity index (χ3n) is 4.15. The Morgan fingerprint density at radius 1 is 1.29 bits per heavy atom. The number of nitrogens with zero attached hydrogens (tertiary/aromatic N) is 2. The van der Waals surface area contributed by atoms with Gasteiger partial charge in [0, 0.05) is 11.7 Å². The molecule has 1 aromatic carbocycles. The zero-order valence-corrected chi connectivity index (χ0v) is 13.3. The molecule has 1 unspecified atom stereocenters. The highest BCUT2D eigenvalue weighted by molar-refractivity contribution is 5.30. The van der Waals surface area contributed by atoms with Crippen LogP contribution in [0.1, 0.15) is 41.4 Å². The summed E-state index contributed by atoms with van der Waals surface area (Å²) in [7, 11) is 0. The lowest BCUT2D eigenvalue weighted by Gasteiger charge is -2.10. The van der Waals surface area contributed by atoms with Crippen LogP contribution in [0.4, 0.5) is 4.39 Å². The fourth-order valence-corrected chi connectivity index (χ4v) is 2.56. The van der Waals surface area contributed by atoms with Crippen molar-refractivity contribution in [1.82, 2.24) is 9.78 Å². The van der Waals surface area contributed by atoms with Gasteiger partial charge in [-0.3, -0.25) is 4.68 Å². The van der Waals surface area contributed by atoms with Crippen LogP contribution in [-0.4, -0.2) is 15.8 Å². The number of rotatable bonds is 5. The Kier molecular flexibility index (Phi) is 4.78. The first-order valence-corrected chi connectivity index (χ1v) is 7.45. The van der Waals surface area contributed by atoms with E-state index < -0.39 is 0 Å². The molecule has 3 nitrogen and oxygen atoms in total. The van der Waals surface area contributed by atoms with E-state index in [-0.39, 0.29) is 11.9 Å². The number of nitrogens with two attached hydrogens (primary N) is 1. The van der Waals surface area contributed by atoms with E-state index in [4.69, 9.17) is 5.73 Å². The van der Waals surface area contributed by atoms with Gasteiger partial charge in [0.1, 0.15) is 5.82 Å². The summed E-state index contributed by atoms with van der Waals surface area (Å²) in [5.74, 6) is -0.203. The monoisotopic (exact) mass is 289 g/mol. The molecule has 2 aromatic rings. The van der Waals surface area contributed by atoms with E-state index in [0.717, 1.165) is 35.4 Å². The Balaban J connectivity index is 2.29. The van der Waals surface area contributed by atoms with Crippen molar-refractivity contribution in [2.24, 2.45) is 5.73 Å². The van der Waals surface area contributed by atoms with E-state index >= 15 is 0 Å². The Morgan fingerprint density at radius 2 is 2.00 bits per heavy atom. The number of benzene rings is 1. The molecule has 0 saturated heterocycles. The summed E-state index contributed by atoms with van der Waals surface area (Å²) >= 11 is 0. The van der Waals surface area contributed by atoms with Crippen LogP contribution in [0, 0.1) is 26.6 Å². The molecule has 1 atom stereocenters. The molecule has 1 aromatic heterocycles. The fraction of sp³-hybridized carbons (Fsp3) is 0.471. The molecule has 0 amide bonds. The van der Waals surface area contributed by atoms with Crippen molar-refractivity contribution < 1.29 is 4.39 Å². The molecule has 0 bridgehead atoms. The van der Waals surface area contributed by atoms with Crippen LogP contribution in [0.3, 0.4) is 0 Å². The van der Waals surface area contributed by atoms with E-state index in [1.54, 1.807) is 6.07 Å². The average Bonchev–Trinajstić information content (AvgIpc) is 2.70. The maximum atomic E-state index is 13.4. The molecule has 2 N–H and O–H groups in total. The summed E-state index contributed by atoms with van der Waals surface area (Å²) in [6.07, 6.45) is 1.80. The van der Waals surface area contributed by atoms with Gasteiger partial charge < -0.3 is 5.73 Å². The van der Waals surface area contributed by atoms with Gasteiger partial charge in [0.05, 0.1) is 12.2 Å². The van der Waals surface area contributed by atoms with Gasteiger partial charge >= 0.3 is 0 Å². The second kappa shape index (κ2) is 6.39. The first kappa shape index (κ1) is 15.7. The average molecular weight is 289 g/mol. The summed E-state index contributed by atoms with van der Waals surface area (Å²) in [5.41, 5.74) is 11.5. The molecule has 0 aliphatic carbocycles. The molecule has 0 radical (unpaired) electrons. The van der Waals surface area contributed by atoms with Gasteiger partial charge in [-0.05, 0) is 62.4 Å². The first-order chi connectivity index (χ1) is 9.92. The van der Waals surface area contributed by atoms with Crippen molar-refractivity contribution in [3.8, 4) is 0 Å². The third kappa shape index (κ3) is 3.50. The smallest absolute Gasteiger partial charge is 0.123 e. The minimum atomic E-state index is -0.203. The normalized spacial score (nSPS) is 12.7. The maximum absolute atomic E-state index is 13.4. The topological polar surface area (TPSA) is 43.8 Å². The maximum Gasteiger partial charge on any atom is 0.123 e. The zero-order valence-electron chi connectivity index (χ0n) is 13.3. The van der Waals surface area contributed by atoms with Crippen molar-refractivity contribution in [3.63, 3.8) is 0 Å². The summed E-state index contributed by atoms with van der Waals surface area (Å²) in [5, 5.41) is 4.60. The van der Waals surface area contributed by atoms with Gasteiger partial charge in [-0.15, -0.1) is 0 Å². The number of halogens is 1. The predicted molar refractivity (Wildman–Crippen MR) is 83.9 cm³/mol. The van der Waals surface area contributed by atoms with E-state index in [1.807, 2.05) is 24.6 Å². The van der Waals surface area contributed by atoms with E-state index in [9.17, 15) is 4.39 Å². The zero-order chi connectivity index (χ0) is 15.6. The highest BCUT2D eigenvalue weighted by atomic mass is 19.1. The van der Waals surface area contributed by atoms with Crippen LogP contribution in [0.25, 0.3) is 0 Å². The second-order valence-electron chi connectivity index (χ2n) is 5.75. The van der Waals surface area contributed by atoms with Gasteiger partial charge in [-0.25, -0.2) is 4.39 Å². The van der Waals surface area contributed by atoms with Crippen LogP contribution < -0.4 is 5.73 Å². The second-order valence-corrected chi connectivity index (χ2v) is 5.75. The van der Waals surface area contributed by atoms with E-state index in [2.05, 4.69) is 18.9 Å². The minimum absolute atomic E-state index is 0.163. The quantitative estimate of drug-likeness (QED) is 0.918. The van der Waals surface area contributed by atoms with Crippen LogP contribution in [0.5, 0.6) is 0 Å². The number of hydrogen-bond donors (Lipinski definition) is 1. The summed E-state index contributed by atoms with van der Waals surface area (Å²) in [4.78, 5) is 0. The Labute approximate surface area is 126 Å². The molecule has 114 valence electrons. The van der Waals surface area contributed by atoms with E-state index in [0.29, 0.717) is 6.54 Å². The van der Waals surface area contributed by atoms with Gasteiger partial charge in [0.25, 0.3) is 0 Å². The lowest BCUT2D eigenvalue weighted by Crippen LogP contribution is -2.22. The fourth-order valence-electron chi connectivity index (χ4n) is 2.56. The van der Waals surface area contributed by atoms with Crippen LogP contribution >= 0.6 is 0 Å². The lowest BCUT2D eigenvalue weighted by atomic mass is 10.0. The standard InChI is InChI=1S/C17H24FN3/c1-5-16(19)9-17-12(3)20-21(13(17)4)10-14-8-15(18)7-6-11(14)2/h6-8,16H,5,9-10,19H2,1-4H3. The SMILES string of the molecule is CCC(N)Cc1c(C)nn(Cc2cc(F)ccc2C)c1C. The largest absolute Gasteiger partial charge is 0.327 e. The number of hydrogen-bond acceptors (Lipinski definition) is 2. The molecular formula is C17H24FN3. The van der Waals surface area contributed by atoms with Crippen LogP contribution in [-0.2, 0) is 13.0 Å². The molecule has 0 saturated carbocycles. The van der Waals surface area contributed by atoms with Crippen molar-refractivity contribution in [2.75, 3.05) is 0 Å². The first-order valence-electron chi connectivity index (χ1n) is 7.45. The number of aromatic nitrogens is 2. The van der Waals surface area contributed by atoms with Gasteiger partial charge in [-0.1, -0.05) is 13.0 Å². The highest BCUT2D eigenvalue weighted by Crippen LogP contribution is 2.18. The van der Waals surface area contributed by atoms with Crippen LogP contribution in [0.15, 0.2) is 18.2 Å². The molecule has 1 heterocycles. The minimum Gasteiger partial charge on any atom is -0.327 e. The molecule has 21 heavy (non-hydrogen) atoms. The Bertz CT molecular complexity index is 631. The third-order valence-corrected chi connectivity index (χ3v) is 4.15. The van der Waals surface area contributed by atoms with Gasteiger partial charge in [0.15, 0.2) is 0 Å². The molecule has 0 aliphatic rings. The Hall–Kier alpha value is -1.68. The Morgan fingerprint density at radius 3 is 2.67 bits per heavy atom. The van der Waals surface area contributed by atoms with Crippen molar-refractivity contribution in [3.05, 3.63) is 52.1 Å². The van der Waals surface area contributed by atoms with E-state index in [1.165, 1.54) is 11.6 Å². The molecule has 0 aliphatic heterocycles. The summed E-state index contributed by atoms with van der Waals surface area (Å²) in [6.45, 7) is 8.76. The predicted octanol–water partition coefficient (Wildman–Crippen LogP) is 3.28. The van der Waals surface area contributed by atoms with Crippen molar-refractivity contribution in [1.29, 1.82) is 0 Å². The van der Waals surface area contributed by atoms with Gasteiger partial charge in [0.2, 0.25) is 0 Å². The summed E-state index contributed by atoms with van der Waals surface area (Å²) < 4.78 is 15.4. The van der Waals surface area contributed by atoms with Gasteiger partial charge in [-0.2, -0.15) is 5.10 Å². The number of aryl methyl sites for hydroxylation is 2. The molecule has 0 spiro atoms. The summed E-state index contributed by atoms with van der Waals surface area (Å²) in [6, 6.07) is 5.05. The lowest BCUT2D eigenvalue weighted by molar-refractivity contribution is 0.612. The van der Waals surface area contributed by atoms with Crippen molar-refractivity contribution >= 4 is 0 Å². The molecule has 4 heteroatoms.